The Kier molecular flexibility index (Phi) is 7.08. The first-order valence-corrected chi connectivity index (χ1v) is 8.08. The molecule has 0 aromatic heterocycles. The van der Waals surface area contributed by atoms with Crippen LogP contribution in [0.15, 0.2) is 24.3 Å². The second-order valence-corrected chi connectivity index (χ2v) is 6.29. The van der Waals surface area contributed by atoms with E-state index in [1.165, 1.54) is 7.11 Å². The van der Waals surface area contributed by atoms with Crippen molar-refractivity contribution in [1.29, 1.82) is 0 Å². The molecule has 0 radical (unpaired) electrons. The summed E-state index contributed by atoms with van der Waals surface area (Å²) in [5.74, 6) is -2.94. The molecule has 122 valence electrons. The average molecular weight is 330 g/mol. The monoisotopic (exact) mass is 330 g/mol. The van der Waals surface area contributed by atoms with Crippen molar-refractivity contribution in [1.82, 2.24) is 0 Å². The zero-order valence-corrected chi connectivity index (χ0v) is 13.1. The summed E-state index contributed by atoms with van der Waals surface area (Å²) in [6.45, 7) is 0. The molecule has 1 rings (SSSR count). The highest BCUT2D eigenvalue weighted by Crippen LogP contribution is 2.35. The molecule has 8 heteroatoms. The third kappa shape index (κ3) is 5.50. The van der Waals surface area contributed by atoms with E-state index in [0.717, 1.165) is 0 Å². The van der Waals surface area contributed by atoms with Gasteiger partial charge in [-0.05, 0) is 30.5 Å². The van der Waals surface area contributed by atoms with Gasteiger partial charge >= 0.3 is 11.9 Å². The topological polar surface area (TPSA) is 121 Å². The summed E-state index contributed by atoms with van der Waals surface area (Å²) >= 11 is 0. The Balaban J connectivity index is 2.90. The average Bonchev–Trinajstić information content (AvgIpc) is 2.46. The van der Waals surface area contributed by atoms with E-state index in [9.17, 15) is 24.2 Å². The minimum atomic E-state index is -3.13. The van der Waals surface area contributed by atoms with E-state index in [0.29, 0.717) is 11.3 Å². The van der Waals surface area contributed by atoms with Gasteiger partial charge in [0.05, 0.1) is 18.7 Å². The van der Waals surface area contributed by atoms with Crippen LogP contribution in [0, 0.1) is 5.92 Å². The summed E-state index contributed by atoms with van der Waals surface area (Å²) in [4.78, 5) is 31.4. The number of ether oxygens (including phenoxy) is 1. The van der Waals surface area contributed by atoms with Gasteiger partial charge in [-0.25, -0.2) is 0 Å². The maximum atomic E-state index is 11.6. The lowest BCUT2D eigenvalue weighted by atomic mass is 9.94. The molecule has 3 N–H and O–H groups in total. The van der Waals surface area contributed by atoms with Crippen LogP contribution < -0.4 is 4.74 Å². The summed E-state index contributed by atoms with van der Waals surface area (Å²) in [7, 11) is -1.62. The molecule has 1 aromatic carbocycles. The van der Waals surface area contributed by atoms with Gasteiger partial charge in [0, 0.05) is 6.42 Å². The molecule has 7 nitrogen and oxygen atoms in total. The Hall–Kier alpha value is -1.85. The smallest absolute Gasteiger partial charge is 0.307 e. The molecule has 3 unspecified atom stereocenters. The molecule has 3 atom stereocenters. The van der Waals surface area contributed by atoms with Gasteiger partial charge in [-0.1, -0.05) is 12.1 Å². The summed E-state index contributed by atoms with van der Waals surface area (Å²) in [5, 5.41) is 17.9. The SMILES string of the molecule is COc1ccc(CC(C(CCC(=O)O)C(=O)O)[PH](=O)O)cc1. The zero-order valence-electron chi connectivity index (χ0n) is 12.1. The van der Waals surface area contributed by atoms with Gasteiger partial charge in [0.15, 0.2) is 8.03 Å². The highest BCUT2D eigenvalue weighted by molar-refractivity contribution is 7.39. The molecule has 1 aromatic rings. The first kappa shape index (κ1) is 18.2. The van der Waals surface area contributed by atoms with E-state index < -0.39 is 31.5 Å². The van der Waals surface area contributed by atoms with Gasteiger partial charge in [-0.3, -0.25) is 14.2 Å². The summed E-state index contributed by atoms with van der Waals surface area (Å²) in [6.07, 6.45) is -0.442. The van der Waals surface area contributed by atoms with Crippen molar-refractivity contribution in [2.45, 2.75) is 24.9 Å². The number of benzene rings is 1. The minimum absolute atomic E-state index is 0.0921. The van der Waals surface area contributed by atoms with Crippen LogP contribution >= 0.6 is 8.03 Å². The molecule has 0 spiro atoms. The molecular weight excluding hydrogens is 311 g/mol. The molecule has 0 saturated heterocycles. The molecule has 0 bridgehead atoms. The quantitative estimate of drug-likeness (QED) is 0.588. The second kappa shape index (κ2) is 8.56. The van der Waals surface area contributed by atoms with Gasteiger partial charge in [0.1, 0.15) is 5.75 Å². The second-order valence-electron chi connectivity index (χ2n) is 4.87. The van der Waals surface area contributed by atoms with E-state index in [2.05, 4.69) is 0 Å². The van der Waals surface area contributed by atoms with Crippen LogP contribution in [0.4, 0.5) is 0 Å². The van der Waals surface area contributed by atoms with E-state index >= 15 is 0 Å². The summed E-state index contributed by atoms with van der Waals surface area (Å²) in [5.41, 5.74) is -0.310. The fraction of sp³-hybridized carbons (Fsp3) is 0.429. The van der Waals surface area contributed by atoms with Crippen molar-refractivity contribution in [2.75, 3.05) is 7.11 Å². The lowest BCUT2D eigenvalue weighted by molar-refractivity contribution is -0.143. The van der Waals surface area contributed by atoms with Crippen molar-refractivity contribution in [2.24, 2.45) is 5.92 Å². The highest BCUT2D eigenvalue weighted by atomic mass is 31.1. The van der Waals surface area contributed by atoms with Crippen LogP contribution in [0.5, 0.6) is 5.75 Å². The van der Waals surface area contributed by atoms with Crippen molar-refractivity contribution >= 4 is 20.0 Å². The van der Waals surface area contributed by atoms with Crippen LogP contribution in [-0.2, 0) is 20.6 Å². The van der Waals surface area contributed by atoms with Crippen molar-refractivity contribution in [3.05, 3.63) is 29.8 Å². The van der Waals surface area contributed by atoms with Crippen molar-refractivity contribution in [3.63, 3.8) is 0 Å². The number of methoxy groups -OCH3 is 1. The summed E-state index contributed by atoms with van der Waals surface area (Å²) < 4.78 is 16.6. The van der Waals surface area contributed by atoms with Gasteiger partial charge in [0.2, 0.25) is 0 Å². The minimum Gasteiger partial charge on any atom is -0.497 e. The van der Waals surface area contributed by atoms with Crippen molar-refractivity contribution < 1.29 is 34.0 Å². The number of carboxylic acids is 2. The molecule has 0 aliphatic carbocycles. The van der Waals surface area contributed by atoms with E-state index in [1.54, 1.807) is 24.3 Å². The normalized spacial score (nSPS) is 14.8. The molecule has 0 heterocycles. The van der Waals surface area contributed by atoms with Crippen LogP contribution in [0.25, 0.3) is 0 Å². The Morgan fingerprint density at radius 3 is 2.23 bits per heavy atom. The van der Waals surface area contributed by atoms with Gasteiger partial charge in [-0.15, -0.1) is 0 Å². The lowest BCUT2D eigenvalue weighted by Crippen LogP contribution is -2.28. The Bertz CT molecular complexity index is 541. The fourth-order valence-corrected chi connectivity index (χ4v) is 3.26. The maximum absolute atomic E-state index is 11.6. The number of aliphatic carboxylic acids is 2. The Morgan fingerprint density at radius 2 is 1.82 bits per heavy atom. The van der Waals surface area contributed by atoms with E-state index in [-0.39, 0.29) is 19.3 Å². The number of hydrogen-bond donors (Lipinski definition) is 3. The molecule has 0 amide bonds. The lowest BCUT2D eigenvalue weighted by Gasteiger charge is -2.21. The molecule has 0 aliphatic heterocycles. The van der Waals surface area contributed by atoms with Gasteiger partial charge in [-0.2, -0.15) is 0 Å². The van der Waals surface area contributed by atoms with E-state index in [4.69, 9.17) is 9.84 Å². The van der Waals surface area contributed by atoms with E-state index in [1.807, 2.05) is 0 Å². The molecule has 22 heavy (non-hydrogen) atoms. The van der Waals surface area contributed by atoms with Crippen LogP contribution in [0.1, 0.15) is 18.4 Å². The molecular formula is C14H19O7P. The predicted octanol–water partition coefficient (Wildman–Crippen LogP) is 1.64. The van der Waals surface area contributed by atoms with Crippen LogP contribution in [-0.4, -0.2) is 39.8 Å². The molecule has 0 aliphatic rings. The first-order valence-electron chi connectivity index (χ1n) is 6.65. The molecule has 0 saturated carbocycles. The van der Waals surface area contributed by atoms with Gasteiger partial charge < -0.3 is 19.8 Å². The Labute approximate surface area is 128 Å². The highest BCUT2D eigenvalue weighted by Gasteiger charge is 2.32. The maximum Gasteiger partial charge on any atom is 0.307 e. The van der Waals surface area contributed by atoms with Crippen LogP contribution in [0.2, 0.25) is 0 Å². The van der Waals surface area contributed by atoms with Crippen molar-refractivity contribution in [3.8, 4) is 5.75 Å². The molecule has 0 fully saturated rings. The Morgan fingerprint density at radius 1 is 1.23 bits per heavy atom. The third-order valence-electron chi connectivity index (χ3n) is 3.40. The summed E-state index contributed by atoms with van der Waals surface area (Å²) in [6, 6.07) is 6.72. The first-order chi connectivity index (χ1) is 10.3. The predicted molar refractivity (Wildman–Crippen MR) is 79.7 cm³/mol. The zero-order chi connectivity index (χ0) is 16.7. The standard InChI is InChI=1S/C14H19O7P/c1-21-10-4-2-9(3-5-10)8-12(22(19)20)11(14(17)18)6-7-13(15)16/h2-5,11-12,22H,6-8H2,1H3,(H,15,16)(H,17,18)(H,19,20). The number of rotatable bonds is 9. The fourth-order valence-electron chi connectivity index (χ4n) is 2.19. The third-order valence-corrected chi connectivity index (χ3v) is 4.64. The largest absolute Gasteiger partial charge is 0.497 e. The van der Waals surface area contributed by atoms with Crippen LogP contribution in [0.3, 0.4) is 0 Å². The van der Waals surface area contributed by atoms with Gasteiger partial charge in [0.25, 0.3) is 0 Å². The number of carboxylic acid groups (broad SMARTS) is 2. The number of carbonyl (C=O) groups is 2. The number of hydrogen-bond acceptors (Lipinski definition) is 4.